The lowest BCUT2D eigenvalue weighted by atomic mass is 10.1. The van der Waals surface area contributed by atoms with Gasteiger partial charge in [0.25, 0.3) is 0 Å². The summed E-state index contributed by atoms with van der Waals surface area (Å²) in [6.07, 6.45) is 0.788. The van der Waals surface area contributed by atoms with E-state index in [9.17, 15) is 4.79 Å². The van der Waals surface area contributed by atoms with Gasteiger partial charge in [0.15, 0.2) is 17.3 Å². The van der Waals surface area contributed by atoms with Crippen LogP contribution >= 0.6 is 15.9 Å². The molecule has 0 amide bonds. The van der Waals surface area contributed by atoms with Crippen molar-refractivity contribution < 1.29 is 19.0 Å². The molecule has 18 heavy (non-hydrogen) atoms. The fourth-order valence-electron chi connectivity index (χ4n) is 1.43. The lowest BCUT2D eigenvalue weighted by Crippen LogP contribution is -2.05. The van der Waals surface area contributed by atoms with Gasteiger partial charge in [0.05, 0.1) is 19.0 Å². The lowest BCUT2D eigenvalue weighted by molar-refractivity contribution is 0.102. The molecule has 0 aliphatic rings. The minimum Gasteiger partial charge on any atom is -0.493 e. The van der Waals surface area contributed by atoms with Crippen LogP contribution in [-0.2, 0) is 4.74 Å². The monoisotopic (exact) mass is 316 g/mol. The van der Waals surface area contributed by atoms with Crippen molar-refractivity contribution in [2.45, 2.75) is 6.42 Å². The number of hydrogen-bond donors (Lipinski definition) is 0. The molecule has 0 N–H and O–H groups in total. The van der Waals surface area contributed by atoms with Gasteiger partial charge in [-0.25, -0.2) is 0 Å². The van der Waals surface area contributed by atoms with E-state index in [2.05, 4.69) is 15.9 Å². The molecule has 0 saturated carbocycles. The Morgan fingerprint density at radius 2 is 2.00 bits per heavy atom. The molecule has 5 heteroatoms. The second kappa shape index (κ2) is 8.11. The average molecular weight is 317 g/mol. The minimum absolute atomic E-state index is 0.0133. The van der Waals surface area contributed by atoms with Gasteiger partial charge in [-0.05, 0) is 18.2 Å². The topological polar surface area (TPSA) is 44.8 Å². The molecule has 0 heterocycles. The van der Waals surface area contributed by atoms with Crippen LogP contribution in [0, 0.1) is 0 Å². The van der Waals surface area contributed by atoms with E-state index >= 15 is 0 Å². The van der Waals surface area contributed by atoms with Crippen molar-refractivity contribution in [1.82, 2.24) is 0 Å². The van der Waals surface area contributed by atoms with Gasteiger partial charge in [0, 0.05) is 25.7 Å². The molecule has 0 saturated heterocycles. The van der Waals surface area contributed by atoms with Gasteiger partial charge >= 0.3 is 0 Å². The highest BCUT2D eigenvalue weighted by atomic mass is 79.9. The Kier molecular flexibility index (Phi) is 6.75. The minimum atomic E-state index is 0.0133. The van der Waals surface area contributed by atoms with Gasteiger partial charge in [-0.2, -0.15) is 0 Å². The van der Waals surface area contributed by atoms with Crippen molar-refractivity contribution in [2.24, 2.45) is 0 Å². The first kappa shape index (κ1) is 15.0. The molecule has 0 aliphatic carbocycles. The smallest absolute Gasteiger partial charge is 0.173 e. The molecule has 100 valence electrons. The number of halogens is 1. The first-order valence-corrected chi connectivity index (χ1v) is 6.74. The number of methoxy groups -OCH3 is 2. The predicted octanol–water partition coefficient (Wildman–Crippen LogP) is 2.69. The summed E-state index contributed by atoms with van der Waals surface area (Å²) in [5, 5.41) is 0.294. The second-order valence-corrected chi connectivity index (χ2v) is 4.18. The van der Waals surface area contributed by atoms with Gasteiger partial charge in [0.2, 0.25) is 0 Å². The third-order valence-corrected chi connectivity index (χ3v) is 2.87. The highest BCUT2D eigenvalue weighted by Gasteiger charge is 2.10. The van der Waals surface area contributed by atoms with Crippen molar-refractivity contribution in [2.75, 3.05) is 32.8 Å². The molecule has 4 nitrogen and oxygen atoms in total. The zero-order chi connectivity index (χ0) is 13.4. The van der Waals surface area contributed by atoms with Gasteiger partial charge in [-0.1, -0.05) is 15.9 Å². The Labute approximate surface area is 115 Å². The standard InChI is InChI=1S/C13H17BrO4/c1-16-6-3-7-18-13-8-10(11(15)9-14)4-5-12(13)17-2/h4-5,8H,3,6-7,9H2,1-2H3. The van der Waals surface area contributed by atoms with Gasteiger partial charge < -0.3 is 14.2 Å². The SMILES string of the molecule is COCCCOc1cc(C(=O)CBr)ccc1OC. The molecule has 0 aliphatic heterocycles. The molecular weight excluding hydrogens is 300 g/mol. The molecule has 0 atom stereocenters. The number of benzene rings is 1. The Morgan fingerprint density at radius 1 is 1.22 bits per heavy atom. The summed E-state index contributed by atoms with van der Waals surface area (Å²) in [6.45, 7) is 1.17. The molecule has 0 spiro atoms. The Balaban J connectivity index is 2.75. The molecule has 1 rings (SSSR count). The Hall–Kier alpha value is -1.07. The maximum atomic E-state index is 11.6. The fraction of sp³-hybridized carbons (Fsp3) is 0.462. The van der Waals surface area contributed by atoms with Gasteiger partial charge in [0.1, 0.15) is 0 Å². The van der Waals surface area contributed by atoms with E-state index in [4.69, 9.17) is 14.2 Å². The van der Waals surface area contributed by atoms with Crippen LogP contribution in [0.25, 0.3) is 0 Å². The molecule has 1 aromatic carbocycles. The second-order valence-electron chi connectivity index (χ2n) is 3.62. The van der Waals surface area contributed by atoms with Crippen LogP contribution in [0.5, 0.6) is 11.5 Å². The van der Waals surface area contributed by atoms with E-state index in [1.54, 1.807) is 32.4 Å². The lowest BCUT2D eigenvalue weighted by Gasteiger charge is -2.11. The molecule has 0 aromatic heterocycles. The van der Waals surface area contributed by atoms with Crippen molar-refractivity contribution in [1.29, 1.82) is 0 Å². The maximum absolute atomic E-state index is 11.6. The highest BCUT2D eigenvalue weighted by molar-refractivity contribution is 9.09. The van der Waals surface area contributed by atoms with Crippen LogP contribution in [0.3, 0.4) is 0 Å². The summed E-state index contributed by atoms with van der Waals surface area (Å²) in [4.78, 5) is 11.6. The number of alkyl halides is 1. The van der Waals surface area contributed by atoms with Crippen LogP contribution in [0.4, 0.5) is 0 Å². The van der Waals surface area contributed by atoms with E-state index in [1.807, 2.05) is 0 Å². The van der Waals surface area contributed by atoms with Gasteiger partial charge in [-0.3, -0.25) is 4.79 Å². The number of carbonyl (C=O) groups excluding carboxylic acids is 1. The Bertz CT molecular complexity index is 393. The molecule has 0 fully saturated rings. The first-order chi connectivity index (χ1) is 8.72. The van der Waals surface area contributed by atoms with E-state index in [0.29, 0.717) is 35.6 Å². The zero-order valence-corrected chi connectivity index (χ0v) is 12.2. The molecular formula is C13H17BrO4. The van der Waals surface area contributed by atoms with E-state index in [0.717, 1.165) is 6.42 Å². The summed E-state index contributed by atoms with van der Waals surface area (Å²) in [5.41, 5.74) is 0.606. The predicted molar refractivity (Wildman–Crippen MR) is 73.1 cm³/mol. The van der Waals surface area contributed by atoms with E-state index < -0.39 is 0 Å². The molecule has 1 aromatic rings. The third kappa shape index (κ3) is 4.31. The number of rotatable bonds is 8. The average Bonchev–Trinajstić information content (AvgIpc) is 2.42. The number of carbonyl (C=O) groups is 1. The summed E-state index contributed by atoms with van der Waals surface area (Å²) in [7, 11) is 3.22. The fourth-order valence-corrected chi connectivity index (χ4v) is 1.75. The van der Waals surface area contributed by atoms with Crippen LogP contribution in [-0.4, -0.2) is 38.5 Å². The van der Waals surface area contributed by atoms with Crippen LogP contribution < -0.4 is 9.47 Å². The largest absolute Gasteiger partial charge is 0.493 e. The van der Waals surface area contributed by atoms with Crippen molar-refractivity contribution >= 4 is 21.7 Å². The van der Waals surface area contributed by atoms with Gasteiger partial charge in [-0.15, -0.1) is 0 Å². The highest BCUT2D eigenvalue weighted by Crippen LogP contribution is 2.28. The summed E-state index contributed by atoms with van der Waals surface area (Å²) in [6, 6.07) is 5.17. The van der Waals surface area contributed by atoms with Crippen molar-refractivity contribution in [3.8, 4) is 11.5 Å². The number of hydrogen-bond acceptors (Lipinski definition) is 4. The first-order valence-electron chi connectivity index (χ1n) is 5.62. The van der Waals surface area contributed by atoms with Crippen LogP contribution in [0.15, 0.2) is 18.2 Å². The van der Waals surface area contributed by atoms with Crippen molar-refractivity contribution in [3.05, 3.63) is 23.8 Å². The number of Topliss-reactive ketones (excluding diaryl/α,β-unsaturated/α-hetero) is 1. The molecule has 0 unspecified atom stereocenters. The van der Waals surface area contributed by atoms with E-state index in [-0.39, 0.29) is 5.78 Å². The summed E-state index contributed by atoms with van der Waals surface area (Å²) < 4.78 is 15.7. The maximum Gasteiger partial charge on any atom is 0.173 e. The Morgan fingerprint density at radius 3 is 2.61 bits per heavy atom. The summed E-state index contributed by atoms with van der Waals surface area (Å²) in [5.74, 6) is 1.22. The van der Waals surface area contributed by atoms with Crippen molar-refractivity contribution in [3.63, 3.8) is 0 Å². The van der Waals surface area contributed by atoms with Crippen LogP contribution in [0.1, 0.15) is 16.8 Å². The number of ether oxygens (including phenoxy) is 3. The third-order valence-electron chi connectivity index (χ3n) is 2.36. The zero-order valence-electron chi connectivity index (χ0n) is 10.6. The summed E-state index contributed by atoms with van der Waals surface area (Å²) >= 11 is 3.15. The molecule has 0 bridgehead atoms. The van der Waals surface area contributed by atoms with E-state index in [1.165, 1.54) is 0 Å². The normalized spacial score (nSPS) is 10.2. The molecule has 0 radical (unpaired) electrons. The quantitative estimate of drug-likeness (QED) is 0.420. The number of ketones is 1. The van der Waals surface area contributed by atoms with Crippen LogP contribution in [0.2, 0.25) is 0 Å².